The van der Waals surface area contributed by atoms with Crippen molar-refractivity contribution in [3.63, 3.8) is 0 Å². The normalized spacial score (nSPS) is 10.6. The van der Waals surface area contributed by atoms with Crippen molar-refractivity contribution in [3.8, 4) is 6.07 Å². The Morgan fingerprint density at radius 3 is 2.73 bits per heavy atom. The summed E-state index contributed by atoms with van der Waals surface area (Å²) in [5.74, 6) is 0. The lowest BCUT2D eigenvalue weighted by Crippen LogP contribution is -1.76. The van der Waals surface area contributed by atoms with E-state index in [1.165, 1.54) is 16.3 Å². The highest BCUT2D eigenvalue weighted by atomic mass is 14.2. The van der Waals surface area contributed by atoms with E-state index >= 15 is 0 Å². The van der Waals surface area contributed by atoms with Crippen LogP contribution in [-0.2, 0) is 0 Å². The first-order chi connectivity index (χ1) is 7.42. The van der Waals surface area contributed by atoms with Crippen molar-refractivity contribution in [2.45, 2.75) is 6.42 Å². The van der Waals surface area contributed by atoms with E-state index in [9.17, 15) is 0 Å². The van der Waals surface area contributed by atoms with Crippen LogP contribution in [0.5, 0.6) is 0 Å². The van der Waals surface area contributed by atoms with Gasteiger partial charge in [0.2, 0.25) is 0 Å². The first kappa shape index (κ1) is 9.48. The number of rotatable bonds is 2. The molecule has 0 saturated carbocycles. The molecule has 0 radical (unpaired) electrons. The van der Waals surface area contributed by atoms with E-state index in [-0.39, 0.29) is 0 Å². The second-order valence-electron chi connectivity index (χ2n) is 3.33. The summed E-state index contributed by atoms with van der Waals surface area (Å²) < 4.78 is 0. The first-order valence-electron chi connectivity index (χ1n) is 4.93. The molecule has 1 nitrogen and oxygen atoms in total. The van der Waals surface area contributed by atoms with Crippen LogP contribution in [0.25, 0.3) is 16.8 Å². The fraction of sp³-hybridized carbons (Fsp3) is 0.0714. The van der Waals surface area contributed by atoms with Gasteiger partial charge >= 0.3 is 0 Å². The van der Waals surface area contributed by atoms with E-state index in [0.717, 1.165) is 0 Å². The lowest BCUT2D eigenvalue weighted by atomic mass is 10.0. The number of nitrogens with zero attached hydrogens (tertiary/aromatic N) is 1. The number of hydrogen-bond donors (Lipinski definition) is 0. The van der Waals surface area contributed by atoms with Gasteiger partial charge in [-0.25, -0.2) is 0 Å². The molecular formula is C14H11N. The van der Waals surface area contributed by atoms with Gasteiger partial charge in [0, 0.05) is 0 Å². The van der Waals surface area contributed by atoms with Crippen molar-refractivity contribution in [1.82, 2.24) is 0 Å². The minimum absolute atomic E-state index is 0.462. The minimum Gasteiger partial charge on any atom is -0.198 e. The Balaban J connectivity index is 2.48. The number of hydrogen-bond acceptors (Lipinski definition) is 1. The van der Waals surface area contributed by atoms with Crippen LogP contribution in [0.1, 0.15) is 12.0 Å². The molecule has 0 aliphatic heterocycles. The van der Waals surface area contributed by atoms with Crippen LogP contribution < -0.4 is 0 Å². The number of benzene rings is 2. The van der Waals surface area contributed by atoms with Gasteiger partial charge in [-0.15, -0.1) is 0 Å². The Kier molecular flexibility index (Phi) is 2.80. The molecule has 0 aliphatic rings. The SMILES string of the molecule is N#CCC=Cc1cccc2ccccc12. The van der Waals surface area contributed by atoms with Crippen molar-refractivity contribution >= 4 is 16.8 Å². The summed E-state index contributed by atoms with van der Waals surface area (Å²) in [7, 11) is 0. The maximum atomic E-state index is 8.46. The van der Waals surface area contributed by atoms with Crippen LogP contribution in [0.2, 0.25) is 0 Å². The Morgan fingerprint density at radius 1 is 1.07 bits per heavy atom. The molecule has 1 heteroatoms. The van der Waals surface area contributed by atoms with E-state index in [0.29, 0.717) is 6.42 Å². The smallest absolute Gasteiger partial charge is 0.0663 e. The van der Waals surface area contributed by atoms with Crippen molar-refractivity contribution < 1.29 is 0 Å². The molecule has 0 N–H and O–H groups in total. The second kappa shape index (κ2) is 4.43. The van der Waals surface area contributed by atoms with Gasteiger partial charge in [-0.3, -0.25) is 0 Å². The standard InChI is InChI=1S/C14H11N/c15-11-4-3-7-13-9-5-8-12-6-1-2-10-14(12)13/h1-3,5-10H,4H2. The zero-order valence-electron chi connectivity index (χ0n) is 8.35. The zero-order valence-corrected chi connectivity index (χ0v) is 8.35. The predicted molar refractivity (Wildman–Crippen MR) is 63.2 cm³/mol. The summed E-state index contributed by atoms with van der Waals surface area (Å²) in [6.07, 6.45) is 4.36. The highest BCUT2D eigenvalue weighted by molar-refractivity contribution is 5.90. The van der Waals surface area contributed by atoms with Gasteiger partial charge in [-0.05, 0) is 16.3 Å². The third kappa shape index (κ3) is 2.05. The summed E-state index contributed by atoms with van der Waals surface area (Å²) in [5.41, 5.74) is 1.17. The molecule has 0 aliphatic carbocycles. The van der Waals surface area contributed by atoms with Gasteiger partial charge in [0.25, 0.3) is 0 Å². The molecule has 0 aromatic heterocycles. The molecule has 0 amide bonds. The van der Waals surface area contributed by atoms with Gasteiger partial charge in [0.15, 0.2) is 0 Å². The third-order valence-electron chi connectivity index (χ3n) is 2.33. The van der Waals surface area contributed by atoms with Crippen LogP contribution in [-0.4, -0.2) is 0 Å². The molecule has 0 bridgehead atoms. The second-order valence-corrected chi connectivity index (χ2v) is 3.33. The highest BCUT2D eigenvalue weighted by Crippen LogP contribution is 2.19. The lowest BCUT2D eigenvalue weighted by molar-refractivity contribution is 1.36. The van der Waals surface area contributed by atoms with Crippen LogP contribution >= 0.6 is 0 Å². The van der Waals surface area contributed by atoms with E-state index in [4.69, 9.17) is 5.26 Å². The van der Waals surface area contributed by atoms with Crippen molar-refractivity contribution in [3.05, 3.63) is 54.1 Å². The Labute approximate surface area is 89.3 Å². The molecule has 2 aromatic rings. The van der Waals surface area contributed by atoms with Gasteiger partial charge in [0.1, 0.15) is 0 Å². The molecule has 0 unspecified atom stereocenters. The summed E-state index contributed by atoms with van der Waals surface area (Å²) in [6.45, 7) is 0. The summed E-state index contributed by atoms with van der Waals surface area (Å²) in [6, 6.07) is 16.6. The van der Waals surface area contributed by atoms with Crippen molar-refractivity contribution in [1.29, 1.82) is 5.26 Å². The largest absolute Gasteiger partial charge is 0.198 e. The average molecular weight is 193 g/mol. The molecule has 0 atom stereocenters. The van der Waals surface area contributed by atoms with Gasteiger partial charge < -0.3 is 0 Å². The number of fused-ring (bicyclic) bond motifs is 1. The molecule has 0 fully saturated rings. The molecule has 2 rings (SSSR count). The van der Waals surface area contributed by atoms with Crippen molar-refractivity contribution in [2.75, 3.05) is 0 Å². The number of allylic oxidation sites excluding steroid dienone is 1. The summed E-state index contributed by atoms with van der Waals surface area (Å²) in [4.78, 5) is 0. The van der Waals surface area contributed by atoms with Crippen molar-refractivity contribution in [2.24, 2.45) is 0 Å². The maximum absolute atomic E-state index is 8.46. The van der Waals surface area contributed by atoms with Gasteiger partial charge in [-0.1, -0.05) is 54.6 Å². The Bertz CT molecular complexity index is 527. The Morgan fingerprint density at radius 2 is 1.87 bits per heavy atom. The van der Waals surface area contributed by atoms with Crippen LogP contribution in [0.15, 0.2) is 48.5 Å². The number of nitriles is 1. The fourth-order valence-corrected chi connectivity index (χ4v) is 1.63. The quantitative estimate of drug-likeness (QED) is 0.712. The van der Waals surface area contributed by atoms with Crippen LogP contribution in [0.4, 0.5) is 0 Å². The summed E-state index contributed by atoms with van der Waals surface area (Å²) >= 11 is 0. The maximum Gasteiger partial charge on any atom is 0.0663 e. The predicted octanol–water partition coefficient (Wildman–Crippen LogP) is 3.77. The third-order valence-corrected chi connectivity index (χ3v) is 2.33. The van der Waals surface area contributed by atoms with E-state index in [1.807, 2.05) is 30.4 Å². The van der Waals surface area contributed by atoms with E-state index in [1.54, 1.807) is 0 Å². The molecular weight excluding hydrogens is 182 g/mol. The monoisotopic (exact) mass is 193 g/mol. The minimum atomic E-state index is 0.462. The Hall–Kier alpha value is -2.07. The zero-order chi connectivity index (χ0) is 10.5. The molecule has 2 aromatic carbocycles. The molecule has 72 valence electrons. The van der Waals surface area contributed by atoms with Gasteiger partial charge in [-0.2, -0.15) is 5.26 Å². The fourth-order valence-electron chi connectivity index (χ4n) is 1.63. The topological polar surface area (TPSA) is 23.8 Å². The highest BCUT2D eigenvalue weighted by Gasteiger charge is 1.95. The van der Waals surface area contributed by atoms with Gasteiger partial charge in [0.05, 0.1) is 12.5 Å². The van der Waals surface area contributed by atoms with E-state index < -0.39 is 0 Å². The summed E-state index contributed by atoms with van der Waals surface area (Å²) in [5, 5.41) is 10.9. The van der Waals surface area contributed by atoms with E-state index in [2.05, 4.69) is 30.3 Å². The molecule has 0 spiro atoms. The first-order valence-corrected chi connectivity index (χ1v) is 4.93. The average Bonchev–Trinajstić information content (AvgIpc) is 2.30. The van der Waals surface area contributed by atoms with Crippen LogP contribution in [0.3, 0.4) is 0 Å². The molecule has 0 heterocycles. The molecule has 15 heavy (non-hydrogen) atoms. The van der Waals surface area contributed by atoms with Crippen LogP contribution in [0, 0.1) is 11.3 Å². The lowest BCUT2D eigenvalue weighted by Gasteiger charge is -2.00. The molecule has 0 saturated heterocycles.